The van der Waals surface area contributed by atoms with E-state index in [-0.39, 0.29) is 15.8 Å². The second-order valence-corrected chi connectivity index (χ2v) is 8.89. The summed E-state index contributed by atoms with van der Waals surface area (Å²) in [7, 11) is 5.66. The Morgan fingerprint density at radius 3 is 2.35 bits per heavy atom. The van der Waals surface area contributed by atoms with E-state index in [4.69, 9.17) is 18.9 Å². The molecule has 11 nitrogen and oxygen atoms in total. The summed E-state index contributed by atoms with van der Waals surface area (Å²) >= 11 is 1.11. The first-order chi connectivity index (χ1) is 17.7. The summed E-state index contributed by atoms with van der Waals surface area (Å²) in [4.78, 5) is 42.1. The number of benzene rings is 2. The Morgan fingerprint density at radius 1 is 1.11 bits per heavy atom. The van der Waals surface area contributed by atoms with Gasteiger partial charge < -0.3 is 18.9 Å². The van der Waals surface area contributed by atoms with Gasteiger partial charge in [0.25, 0.3) is 11.2 Å². The molecule has 0 bridgehead atoms. The van der Waals surface area contributed by atoms with Crippen molar-refractivity contribution in [2.45, 2.75) is 13.0 Å². The third kappa shape index (κ3) is 4.58. The maximum atomic E-state index is 13.7. The number of hydrogen-bond donors (Lipinski definition) is 0. The molecule has 0 saturated heterocycles. The Balaban J connectivity index is 2.01. The number of rotatable bonds is 7. The third-order valence-corrected chi connectivity index (χ3v) is 6.79. The smallest absolute Gasteiger partial charge is 0.338 e. The second-order valence-electron chi connectivity index (χ2n) is 7.88. The van der Waals surface area contributed by atoms with Gasteiger partial charge in [0.1, 0.15) is 0 Å². The van der Waals surface area contributed by atoms with E-state index in [9.17, 15) is 19.7 Å². The third-order valence-electron chi connectivity index (χ3n) is 5.81. The van der Waals surface area contributed by atoms with Crippen LogP contribution in [0.2, 0.25) is 0 Å². The van der Waals surface area contributed by atoms with Crippen LogP contribution in [0.5, 0.6) is 17.2 Å². The molecule has 1 aromatic heterocycles. The maximum absolute atomic E-state index is 13.7. The molecule has 192 valence electrons. The molecule has 2 aromatic carbocycles. The van der Waals surface area contributed by atoms with Gasteiger partial charge in [-0.1, -0.05) is 23.5 Å². The number of fused-ring (bicyclic) bond motifs is 1. The number of ether oxygens (including phenoxy) is 4. The molecule has 0 N–H and O–H groups in total. The minimum absolute atomic E-state index is 0.0966. The summed E-state index contributed by atoms with van der Waals surface area (Å²) in [5, 5.41) is 11.2. The number of esters is 1. The molecule has 2 heterocycles. The number of allylic oxidation sites excluding steroid dienone is 1. The number of methoxy groups -OCH3 is 4. The summed E-state index contributed by atoms with van der Waals surface area (Å²) in [6.45, 7) is 1.66. The minimum Gasteiger partial charge on any atom is -0.493 e. The number of thiazole rings is 1. The second kappa shape index (κ2) is 10.3. The van der Waals surface area contributed by atoms with Crippen molar-refractivity contribution in [3.63, 3.8) is 0 Å². The predicted molar refractivity (Wildman–Crippen MR) is 135 cm³/mol. The lowest BCUT2D eigenvalue weighted by Crippen LogP contribution is -2.39. The van der Waals surface area contributed by atoms with Crippen LogP contribution < -0.4 is 29.1 Å². The molecule has 0 radical (unpaired) electrons. The first kappa shape index (κ1) is 25.6. The van der Waals surface area contributed by atoms with Crippen LogP contribution in [0.1, 0.15) is 24.1 Å². The molecule has 0 aliphatic carbocycles. The van der Waals surface area contributed by atoms with Crippen molar-refractivity contribution in [1.29, 1.82) is 0 Å². The molecule has 0 spiro atoms. The molecule has 4 rings (SSSR count). The average Bonchev–Trinajstić information content (AvgIpc) is 3.20. The number of nitro benzene ring substituents is 1. The Bertz CT molecular complexity index is 1590. The van der Waals surface area contributed by atoms with Crippen LogP contribution in [-0.4, -0.2) is 43.9 Å². The predicted octanol–water partition coefficient (Wildman–Crippen LogP) is 2.34. The van der Waals surface area contributed by atoms with Crippen molar-refractivity contribution in [3.8, 4) is 17.2 Å². The Hall–Kier alpha value is -4.45. The zero-order valence-corrected chi connectivity index (χ0v) is 21.5. The van der Waals surface area contributed by atoms with Crippen molar-refractivity contribution < 1.29 is 28.7 Å². The highest BCUT2D eigenvalue weighted by atomic mass is 32.1. The fourth-order valence-corrected chi connectivity index (χ4v) is 5.19. The molecule has 0 amide bonds. The summed E-state index contributed by atoms with van der Waals surface area (Å²) < 4.78 is 23.1. The largest absolute Gasteiger partial charge is 0.493 e. The van der Waals surface area contributed by atoms with Crippen molar-refractivity contribution in [3.05, 3.63) is 88.6 Å². The number of aromatic nitrogens is 1. The van der Waals surface area contributed by atoms with E-state index in [0.29, 0.717) is 38.9 Å². The SMILES string of the molecule is COC(=O)C1=C(C)N=c2sc(=Cc3cccc([N+](=O)[O-])c3)c(=O)n2C1c1cc(OC)c(OC)c(OC)c1. The normalized spacial score (nSPS) is 15.1. The molecule has 0 fully saturated rings. The van der Waals surface area contributed by atoms with Gasteiger partial charge in [-0.2, -0.15) is 0 Å². The highest BCUT2D eigenvalue weighted by molar-refractivity contribution is 7.07. The molecule has 37 heavy (non-hydrogen) atoms. The van der Waals surface area contributed by atoms with Crippen LogP contribution in [0.25, 0.3) is 6.08 Å². The zero-order chi connectivity index (χ0) is 26.9. The van der Waals surface area contributed by atoms with Gasteiger partial charge >= 0.3 is 5.97 Å². The first-order valence-corrected chi connectivity index (χ1v) is 11.7. The van der Waals surface area contributed by atoms with Gasteiger partial charge in [-0.3, -0.25) is 19.5 Å². The summed E-state index contributed by atoms with van der Waals surface area (Å²) in [5.41, 5.74) is 1.02. The maximum Gasteiger partial charge on any atom is 0.338 e. The van der Waals surface area contributed by atoms with Crippen LogP contribution in [-0.2, 0) is 9.53 Å². The number of carbonyl (C=O) groups excluding carboxylic acids is 1. The van der Waals surface area contributed by atoms with Crippen LogP contribution >= 0.6 is 11.3 Å². The van der Waals surface area contributed by atoms with Gasteiger partial charge in [0.15, 0.2) is 16.3 Å². The highest BCUT2D eigenvalue weighted by Gasteiger charge is 2.34. The van der Waals surface area contributed by atoms with Crippen LogP contribution in [0, 0.1) is 10.1 Å². The van der Waals surface area contributed by atoms with E-state index in [1.165, 1.54) is 45.1 Å². The van der Waals surface area contributed by atoms with Crippen LogP contribution in [0.3, 0.4) is 0 Å². The molecule has 1 aliphatic heterocycles. The average molecular weight is 526 g/mol. The number of nitrogens with zero attached hydrogens (tertiary/aromatic N) is 3. The summed E-state index contributed by atoms with van der Waals surface area (Å²) in [6, 6.07) is 8.35. The van der Waals surface area contributed by atoms with E-state index >= 15 is 0 Å². The van der Waals surface area contributed by atoms with Crippen LogP contribution in [0.15, 0.2) is 57.5 Å². The molecule has 1 atom stereocenters. The van der Waals surface area contributed by atoms with E-state index in [2.05, 4.69) is 4.99 Å². The number of nitro groups is 1. The van der Waals surface area contributed by atoms with E-state index in [0.717, 1.165) is 11.3 Å². The molecule has 1 unspecified atom stereocenters. The van der Waals surface area contributed by atoms with Crippen molar-refractivity contribution >= 4 is 29.1 Å². The quantitative estimate of drug-likeness (QED) is 0.261. The Labute approximate surface area is 214 Å². The summed E-state index contributed by atoms with van der Waals surface area (Å²) in [5.74, 6) is 0.393. The fraction of sp³-hybridized carbons (Fsp3) is 0.240. The topological polar surface area (TPSA) is 131 Å². The van der Waals surface area contributed by atoms with Crippen molar-refractivity contribution in [2.24, 2.45) is 4.99 Å². The molecular weight excluding hydrogens is 502 g/mol. The Kier molecular flexibility index (Phi) is 7.11. The molecule has 0 saturated carbocycles. The van der Waals surface area contributed by atoms with Crippen molar-refractivity contribution in [2.75, 3.05) is 28.4 Å². The molecule has 12 heteroatoms. The lowest BCUT2D eigenvalue weighted by atomic mass is 9.95. The Morgan fingerprint density at radius 2 is 1.78 bits per heavy atom. The monoisotopic (exact) mass is 525 g/mol. The lowest BCUT2D eigenvalue weighted by Gasteiger charge is -2.25. The number of carbonyl (C=O) groups is 1. The standard InChI is InChI=1S/C25H23N3O8S/c1-13-20(24(30)36-5)21(15-11-17(33-2)22(35-4)18(12-15)34-3)27-23(29)19(37-25(27)26-13)10-14-7-6-8-16(9-14)28(31)32/h6-12,21H,1-5H3. The van der Waals surface area contributed by atoms with Crippen LogP contribution in [0.4, 0.5) is 5.69 Å². The van der Waals surface area contributed by atoms with Gasteiger partial charge in [-0.05, 0) is 36.3 Å². The number of non-ortho nitro benzene ring substituents is 1. The van der Waals surface area contributed by atoms with E-state index in [1.807, 2.05) is 0 Å². The lowest BCUT2D eigenvalue weighted by molar-refractivity contribution is -0.384. The van der Waals surface area contributed by atoms with Gasteiger partial charge in [0.2, 0.25) is 5.75 Å². The van der Waals surface area contributed by atoms with Gasteiger partial charge in [-0.25, -0.2) is 9.79 Å². The van der Waals surface area contributed by atoms with Gasteiger partial charge in [0, 0.05) is 12.1 Å². The number of hydrogen-bond acceptors (Lipinski definition) is 10. The van der Waals surface area contributed by atoms with E-state index in [1.54, 1.807) is 37.3 Å². The fourth-order valence-electron chi connectivity index (χ4n) is 4.15. The summed E-state index contributed by atoms with van der Waals surface area (Å²) in [6.07, 6.45) is 1.56. The molecular formula is C25H23N3O8S. The van der Waals surface area contributed by atoms with Gasteiger partial charge in [-0.15, -0.1) is 0 Å². The molecule has 3 aromatic rings. The molecule has 1 aliphatic rings. The van der Waals surface area contributed by atoms with E-state index < -0.39 is 22.5 Å². The first-order valence-electron chi connectivity index (χ1n) is 10.9. The minimum atomic E-state index is -0.912. The van der Waals surface area contributed by atoms with Crippen molar-refractivity contribution in [1.82, 2.24) is 4.57 Å². The zero-order valence-electron chi connectivity index (χ0n) is 20.6. The van der Waals surface area contributed by atoms with Gasteiger partial charge in [0.05, 0.1) is 55.2 Å². The highest BCUT2D eigenvalue weighted by Crippen LogP contribution is 2.42.